The highest BCUT2D eigenvalue weighted by molar-refractivity contribution is 7.99. The van der Waals surface area contributed by atoms with Crippen molar-refractivity contribution in [3.63, 3.8) is 0 Å². The van der Waals surface area contributed by atoms with Gasteiger partial charge in [0.15, 0.2) is 5.16 Å². The van der Waals surface area contributed by atoms with E-state index in [1.165, 1.54) is 6.07 Å². The zero-order valence-electron chi connectivity index (χ0n) is 17.0. The van der Waals surface area contributed by atoms with Gasteiger partial charge in [-0.3, -0.25) is 14.4 Å². The van der Waals surface area contributed by atoms with E-state index in [4.69, 9.17) is 0 Å². The fraction of sp³-hybridized carbons (Fsp3) is 0.217. The Hall–Kier alpha value is -3.39. The summed E-state index contributed by atoms with van der Waals surface area (Å²) in [6.07, 6.45) is 0.737. The van der Waals surface area contributed by atoms with Gasteiger partial charge in [0.05, 0.1) is 17.9 Å². The van der Waals surface area contributed by atoms with E-state index in [0.29, 0.717) is 23.9 Å². The van der Waals surface area contributed by atoms with Crippen LogP contribution < -0.4 is 16.2 Å². The molecule has 3 N–H and O–H groups in total. The number of benzene rings is 2. The molecule has 2 aromatic carbocycles. The van der Waals surface area contributed by atoms with E-state index >= 15 is 0 Å². The Morgan fingerprint density at radius 1 is 0.903 bits per heavy atom. The molecule has 0 saturated carbocycles. The number of amides is 2. The molecule has 8 heteroatoms. The van der Waals surface area contributed by atoms with Gasteiger partial charge in [-0.15, -0.1) is 0 Å². The van der Waals surface area contributed by atoms with Crippen LogP contribution in [0.5, 0.6) is 0 Å². The molecular formula is C23H24N4O3S. The molecule has 0 aliphatic rings. The van der Waals surface area contributed by atoms with Crippen LogP contribution in [0.1, 0.15) is 16.8 Å². The molecule has 7 nitrogen and oxygen atoms in total. The zero-order valence-corrected chi connectivity index (χ0v) is 17.8. The Labute approximate surface area is 184 Å². The van der Waals surface area contributed by atoms with Gasteiger partial charge in [-0.1, -0.05) is 72.4 Å². The van der Waals surface area contributed by atoms with E-state index in [2.05, 4.69) is 20.6 Å². The zero-order chi connectivity index (χ0) is 21.9. The summed E-state index contributed by atoms with van der Waals surface area (Å²) in [6.45, 7) is 0.947. The molecule has 0 atom stereocenters. The molecule has 0 saturated heterocycles. The smallest absolute Gasteiger partial charge is 0.251 e. The quantitative estimate of drug-likeness (QED) is 0.333. The van der Waals surface area contributed by atoms with Gasteiger partial charge in [-0.2, -0.15) is 0 Å². The van der Waals surface area contributed by atoms with Crippen molar-refractivity contribution in [2.24, 2.45) is 0 Å². The van der Waals surface area contributed by atoms with Gasteiger partial charge < -0.3 is 15.6 Å². The topological polar surface area (TPSA) is 104 Å². The number of hydrogen-bond acceptors (Lipinski definition) is 5. The maximum absolute atomic E-state index is 12.2. The van der Waals surface area contributed by atoms with Crippen LogP contribution in [-0.4, -0.2) is 34.1 Å². The first-order valence-corrected chi connectivity index (χ1v) is 10.9. The third-order valence-corrected chi connectivity index (χ3v) is 5.24. The summed E-state index contributed by atoms with van der Waals surface area (Å²) in [7, 11) is 0. The van der Waals surface area contributed by atoms with Crippen LogP contribution in [-0.2, 0) is 29.0 Å². The standard InChI is InChI=1S/C23H24N4O3S/c28-20(24-12-11-17-7-3-1-4-8-17)13-19-14-21(29)27-23(26-19)31-16-22(30)25-15-18-9-5-2-6-10-18/h1-10,14H,11-13,15-16H2,(H,24,28)(H,25,30)(H,26,27,29). The fourth-order valence-electron chi connectivity index (χ4n) is 2.84. The van der Waals surface area contributed by atoms with Crippen molar-refractivity contribution in [1.82, 2.24) is 20.6 Å². The first-order chi connectivity index (χ1) is 15.1. The van der Waals surface area contributed by atoms with Gasteiger partial charge >= 0.3 is 0 Å². The summed E-state index contributed by atoms with van der Waals surface area (Å²) in [4.78, 5) is 43.0. The van der Waals surface area contributed by atoms with Crippen molar-refractivity contribution >= 4 is 23.6 Å². The van der Waals surface area contributed by atoms with E-state index in [9.17, 15) is 14.4 Å². The first kappa shape index (κ1) is 22.3. The normalized spacial score (nSPS) is 10.5. The van der Waals surface area contributed by atoms with E-state index in [1.807, 2.05) is 60.7 Å². The maximum Gasteiger partial charge on any atom is 0.251 e. The van der Waals surface area contributed by atoms with E-state index in [1.54, 1.807) is 0 Å². The monoisotopic (exact) mass is 436 g/mol. The van der Waals surface area contributed by atoms with Crippen LogP contribution in [0.3, 0.4) is 0 Å². The van der Waals surface area contributed by atoms with Crippen LogP contribution in [0.25, 0.3) is 0 Å². The number of thioether (sulfide) groups is 1. The second kappa shape index (κ2) is 11.7. The number of aromatic amines is 1. The van der Waals surface area contributed by atoms with Crippen molar-refractivity contribution in [3.8, 4) is 0 Å². The molecule has 3 rings (SSSR count). The number of hydrogen-bond donors (Lipinski definition) is 3. The Bertz CT molecular complexity index is 1060. The predicted octanol–water partition coefficient (Wildman–Crippen LogP) is 2.08. The second-order valence-electron chi connectivity index (χ2n) is 6.86. The van der Waals surface area contributed by atoms with Crippen molar-refractivity contribution in [2.75, 3.05) is 12.3 Å². The van der Waals surface area contributed by atoms with Gasteiger partial charge in [0.2, 0.25) is 11.8 Å². The molecule has 160 valence electrons. The Kier molecular flexibility index (Phi) is 8.42. The van der Waals surface area contributed by atoms with E-state index < -0.39 is 0 Å². The molecule has 1 aromatic heterocycles. The third kappa shape index (κ3) is 8.10. The van der Waals surface area contributed by atoms with Gasteiger partial charge in [-0.25, -0.2) is 4.98 Å². The minimum absolute atomic E-state index is 0.00642. The molecule has 31 heavy (non-hydrogen) atoms. The summed E-state index contributed by atoms with van der Waals surface area (Å²) in [5.74, 6) is -0.256. The average Bonchev–Trinajstić information content (AvgIpc) is 2.77. The molecule has 2 amide bonds. The highest BCUT2D eigenvalue weighted by atomic mass is 32.2. The molecule has 0 aliphatic carbocycles. The van der Waals surface area contributed by atoms with E-state index in [-0.39, 0.29) is 29.5 Å². The minimum atomic E-state index is -0.353. The summed E-state index contributed by atoms with van der Waals surface area (Å²) >= 11 is 1.12. The lowest BCUT2D eigenvalue weighted by Gasteiger charge is -2.07. The second-order valence-corrected chi connectivity index (χ2v) is 7.82. The maximum atomic E-state index is 12.2. The van der Waals surface area contributed by atoms with Crippen molar-refractivity contribution in [1.29, 1.82) is 0 Å². The lowest BCUT2D eigenvalue weighted by atomic mass is 10.1. The number of H-pyrrole nitrogens is 1. The predicted molar refractivity (Wildman–Crippen MR) is 121 cm³/mol. The minimum Gasteiger partial charge on any atom is -0.355 e. The van der Waals surface area contributed by atoms with Crippen LogP contribution in [0.2, 0.25) is 0 Å². The van der Waals surface area contributed by atoms with Crippen molar-refractivity contribution < 1.29 is 9.59 Å². The Morgan fingerprint density at radius 2 is 1.58 bits per heavy atom. The first-order valence-electron chi connectivity index (χ1n) is 9.93. The molecule has 0 fully saturated rings. The lowest BCUT2D eigenvalue weighted by Crippen LogP contribution is -2.28. The molecule has 0 aliphatic heterocycles. The Balaban J connectivity index is 1.45. The molecule has 0 spiro atoms. The van der Waals surface area contributed by atoms with Crippen molar-refractivity contribution in [3.05, 3.63) is 93.9 Å². The van der Waals surface area contributed by atoms with Gasteiger partial charge in [-0.05, 0) is 17.5 Å². The molecule has 0 radical (unpaired) electrons. The Morgan fingerprint density at radius 3 is 2.29 bits per heavy atom. The van der Waals surface area contributed by atoms with Crippen LogP contribution >= 0.6 is 11.8 Å². The highest BCUT2D eigenvalue weighted by Gasteiger charge is 2.09. The molecule has 0 bridgehead atoms. The summed E-state index contributed by atoms with van der Waals surface area (Å²) < 4.78 is 0. The van der Waals surface area contributed by atoms with Crippen LogP contribution in [0.15, 0.2) is 76.7 Å². The molecule has 0 unspecified atom stereocenters. The SMILES string of the molecule is O=C(CSc1nc(CC(=O)NCCc2ccccc2)cc(=O)[nH]1)NCc1ccccc1. The van der Waals surface area contributed by atoms with Crippen LogP contribution in [0, 0.1) is 0 Å². The molecule has 1 heterocycles. The number of nitrogens with one attached hydrogen (secondary N) is 3. The number of nitrogens with zero attached hydrogens (tertiary/aromatic N) is 1. The summed E-state index contributed by atoms with van der Waals surface area (Å²) in [5.41, 5.74) is 2.16. The number of carbonyl (C=O) groups is 2. The highest BCUT2D eigenvalue weighted by Crippen LogP contribution is 2.11. The van der Waals surface area contributed by atoms with Gasteiger partial charge in [0, 0.05) is 19.2 Å². The van der Waals surface area contributed by atoms with Crippen molar-refractivity contribution in [2.45, 2.75) is 24.5 Å². The average molecular weight is 437 g/mol. The largest absolute Gasteiger partial charge is 0.355 e. The van der Waals surface area contributed by atoms with Gasteiger partial charge in [0.1, 0.15) is 0 Å². The summed E-state index contributed by atoms with van der Waals surface area (Å²) in [5, 5.41) is 5.98. The number of aromatic nitrogens is 2. The molecule has 3 aromatic rings. The van der Waals surface area contributed by atoms with Gasteiger partial charge in [0.25, 0.3) is 5.56 Å². The van der Waals surface area contributed by atoms with Crippen LogP contribution in [0.4, 0.5) is 0 Å². The fourth-order valence-corrected chi connectivity index (χ4v) is 3.57. The summed E-state index contributed by atoms with van der Waals surface area (Å²) in [6, 6.07) is 20.8. The molecular weight excluding hydrogens is 412 g/mol. The number of rotatable bonds is 10. The third-order valence-electron chi connectivity index (χ3n) is 4.37. The van der Waals surface area contributed by atoms with E-state index in [0.717, 1.165) is 29.3 Å². The lowest BCUT2D eigenvalue weighted by molar-refractivity contribution is -0.120. The number of carbonyl (C=O) groups excluding carboxylic acids is 2.